The van der Waals surface area contributed by atoms with Crippen molar-refractivity contribution in [2.24, 2.45) is 0 Å². The number of likely N-dealkylation sites (tertiary alicyclic amines) is 1. The van der Waals surface area contributed by atoms with Gasteiger partial charge in [-0.1, -0.05) is 18.2 Å². The summed E-state index contributed by atoms with van der Waals surface area (Å²) < 4.78 is 38.8. The highest BCUT2D eigenvalue weighted by Gasteiger charge is 2.33. The van der Waals surface area contributed by atoms with Crippen molar-refractivity contribution in [3.05, 3.63) is 72.2 Å². The number of nitrogens with zero attached hydrogens (tertiary/aromatic N) is 6. The van der Waals surface area contributed by atoms with Gasteiger partial charge in [0.05, 0.1) is 34.8 Å². The SMILES string of the molecule is C=CC(=O)Nc1ccc(C(=O)N2CCC(Nc3ncc(Cl)c(-c4c[nH]c5ncccc45)n3)CC2)cc1N1CCN(CC(F)(F)F)CC1. The summed E-state index contributed by atoms with van der Waals surface area (Å²) in [5.41, 5.74) is 3.61. The first-order valence-corrected chi connectivity index (χ1v) is 15.6. The van der Waals surface area contributed by atoms with Crippen LogP contribution < -0.4 is 15.5 Å². The number of hydrogen-bond acceptors (Lipinski definition) is 8. The number of nitrogens with one attached hydrogen (secondary N) is 3. The number of rotatable bonds is 8. The minimum Gasteiger partial charge on any atom is -0.367 e. The molecule has 4 aromatic rings. The molecule has 2 amide bonds. The summed E-state index contributed by atoms with van der Waals surface area (Å²) in [7, 11) is 0. The predicted octanol–water partition coefficient (Wildman–Crippen LogP) is 5.20. The van der Waals surface area contributed by atoms with Crippen molar-refractivity contribution in [2.45, 2.75) is 25.1 Å². The quantitative estimate of drug-likeness (QED) is 0.219. The Balaban J connectivity index is 1.11. The second-order valence-electron chi connectivity index (χ2n) is 11.5. The maximum absolute atomic E-state index is 13.6. The summed E-state index contributed by atoms with van der Waals surface area (Å²) in [6.45, 7) is 4.52. The van der Waals surface area contributed by atoms with Crippen LogP contribution >= 0.6 is 11.6 Å². The predicted molar refractivity (Wildman–Crippen MR) is 175 cm³/mol. The normalized spacial score (nSPS) is 16.3. The van der Waals surface area contributed by atoms with E-state index < -0.39 is 18.6 Å². The lowest BCUT2D eigenvalue weighted by atomic mass is 10.0. The van der Waals surface area contributed by atoms with E-state index in [0.717, 1.165) is 22.7 Å². The first-order valence-electron chi connectivity index (χ1n) is 15.2. The molecule has 0 spiro atoms. The van der Waals surface area contributed by atoms with Crippen LogP contribution in [0.3, 0.4) is 0 Å². The number of anilines is 3. The van der Waals surface area contributed by atoms with Crippen molar-refractivity contribution < 1.29 is 22.8 Å². The number of aromatic amines is 1. The van der Waals surface area contributed by atoms with Gasteiger partial charge in [0.2, 0.25) is 11.9 Å². The molecule has 1 aromatic carbocycles. The molecule has 2 aliphatic heterocycles. The molecule has 5 heterocycles. The Morgan fingerprint density at radius 2 is 1.85 bits per heavy atom. The number of piperidine rings is 1. The lowest BCUT2D eigenvalue weighted by Crippen LogP contribution is -2.49. The van der Waals surface area contributed by atoms with Crippen molar-refractivity contribution >= 4 is 51.8 Å². The van der Waals surface area contributed by atoms with E-state index in [4.69, 9.17) is 11.6 Å². The third kappa shape index (κ3) is 7.49. The molecule has 2 aliphatic rings. The van der Waals surface area contributed by atoms with Crippen molar-refractivity contribution in [3.63, 3.8) is 0 Å². The number of halogens is 4. The number of benzene rings is 1. The van der Waals surface area contributed by atoms with Crippen LogP contribution in [0.15, 0.2) is 61.6 Å². The molecule has 0 saturated carbocycles. The van der Waals surface area contributed by atoms with E-state index in [1.807, 2.05) is 23.2 Å². The van der Waals surface area contributed by atoms with Gasteiger partial charge in [-0.05, 0) is 49.2 Å². The number of pyridine rings is 1. The fourth-order valence-corrected chi connectivity index (χ4v) is 6.18. The smallest absolute Gasteiger partial charge is 0.367 e. The molecule has 6 rings (SSSR count). The molecule has 0 unspecified atom stereocenters. The first kappa shape index (κ1) is 32.3. The number of aromatic nitrogens is 4. The van der Waals surface area contributed by atoms with Gasteiger partial charge in [-0.2, -0.15) is 13.2 Å². The van der Waals surface area contributed by atoms with E-state index in [9.17, 15) is 22.8 Å². The molecule has 11 nitrogen and oxygen atoms in total. The second-order valence-corrected chi connectivity index (χ2v) is 11.9. The van der Waals surface area contributed by atoms with Gasteiger partial charge in [-0.15, -0.1) is 0 Å². The van der Waals surface area contributed by atoms with Gasteiger partial charge in [0.1, 0.15) is 5.65 Å². The van der Waals surface area contributed by atoms with E-state index in [0.29, 0.717) is 72.6 Å². The molecule has 0 radical (unpaired) electrons. The van der Waals surface area contributed by atoms with Crippen LogP contribution in [0.2, 0.25) is 5.02 Å². The molecule has 246 valence electrons. The Kier molecular flexibility index (Phi) is 9.32. The number of fused-ring (bicyclic) bond motifs is 1. The van der Waals surface area contributed by atoms with Crippen LogP contribution in [0.25, 0.3) is 22.3 Å². The molecule has 0 aliphatic carbocycles. The van der Waals surface area contributed by atoms with Gasteiger partial charge in [0, 0.05) is 74.2 Å². The van der Waals surface area contributed by atoms with Gasteiger partial charge in [0.15, 0.2) is 0 Å². The summed E-state index contributed by atoms with van der Waals surface area (Å²) in [5.74, 6) is -0.157. The Morgan fingerprint density at radius 1 is 1.09 bits per heavy atom. The fraction of sp³-hybridized carbons (Fsp3) is 0.344. The molecule has 0 atom stereocenters. The Morgan fingerprint density at radius 3 is 2.57 bits per heavy atom. The van der Waals surface area contributed by atoms with E-state index in [2.05, 4.69) is 37.1 Å². The van der Waals surface area contributed by atoms with E-state index in [1.165, 1.54) is 4.90 Å². The lowest BCUT2D eigenvalue weighted by Gasteiger charge is -2.37. The van der Waals surface area contributed by atoms with E-state index in [-0.39, 0.29) is 25.0 Å². The van der Waals surface area contributed by atoms with Crippen LogP contribution in [0.5, 0.6) is 0 Å². The van der Waals surface area contributed by atoms with Gasteiger partial charge in [0.25, 0.3) is 5.91 Å². The monoisotopic (exact) mass is 667 g/mol. The van der Waals surface area contributed by atoms with Crippen molar-refractivity contribution in [3.8, 4) is 11.3 Å². The fourth-order valence-electron chi connectivity index (χ4n) is 5.99. The summed E-state index contributed by atoms with van der Waals surface area (Å²) in [6.07, 6.45) is 3.27. The zero-order valence-electron chi connectivity index (χ0n) is 25.4. The number of H-pyrrole nitrogens is 1. The zero-order chi connectivity index (χ0) is 33.1. The average Bonchev–Trinajstić information content (AvgIpc) is 3.49. The standard InChI is InChI=1S/C32H33ClF3N9O2/c1-2-27(46)41-25-6-5-20(16-26(25)44-14-12-43(13-15-44)19-32(34,35)36)30(47)45-10-7-21(8-11-45)40-31-39-18-24(33)28(42-31)23-17-38-29-22(23)4-3-9-37-29/h2-6,9,16-18,21H,1,7-8,10-15,19H2,(H,37,38)(H,41,46)(H,39,40,42). The molecule has 2 saturated heterocycles. The van der Waals surface area contributed by atoms with Crippen molar-refractivity contribution in [1.29, 1.82) is 0 Å². The third-order valence-electron chi connectivity index (χ3n) is 8.37. The zero-order valence-corrected chi connectivity index (χ0v) is 26.1. The topological polar surface area (TPSA) is 122 Å². The van der Waals surface area contributed by atoms with Gasteiger partial charge < -0.3 is 25.4 Å². The number of hydrogen-bond donors (Lipinski definition) is 3. The molecule has 3 N–H and O–H groups in total. The highest BCUT2D eigenvalue weighted by molar-refractivity contribution is 6.33. The van der Waals surface area contributed by atoms with Gasteiger partial charge in [-0.25, -0.2) is 15.0 Å². The molecular weight excluding hydrogens is 635 g/mol. The number of carbonyl (C=O) groups is 2. The van der Waals surface area contributed by atoms with Crippen LogP contribution in [0, 0.1) is 0 Å². The Bertz CT molecular complexity index is 1780. The number of amides is 2. The first-order chi connectivity index (χ1) is 22.6. The Labute approximate surface area is 273 Å². The third-order valence-corrected chi connectivity index (χ3v) is 8.65. The molecule has 15 heteroatoms. The minimum atomic E-state index is -4.28. The van der Waals surface area contributed by atoms with Crippen LogP contribution in [0.4, 0.5) is 30.5 Å². The number of piperazine rings is 1. The largest absolute Gasteiger partial charge is 0.401 e. The summed E-state index contributed by atoms with van der Waals surface area (Å²) in [5, 5.41) is 7.45. The minimum absolute atomic E-state index is 0.0257. The summed E-state index contributed by atoms with van der Waals surface area (Å²) >= 11 is 6.47. The van der Waals surface area contributed by atoms with Crippen LogP contribution in [-0.4, -0.2) is 99.6 Å². The molecule has 2 fully saturated rings. The molecular formula is C32H33ClF3N9O2. The van der Waals surface area contributed by atoms with E-state index >= 15 is 0 Å². The summed E-state index contributed by atoms with van der Waals surface area (Å²) in [4.78, 5) is 47.3. The van der Waals surface area contributed by atoms with Crippen molar-refractivity contribution in [1.82, 2.24) is 29.7 Å². The van der Waals surface area contributed by atoms with Crippen molar-refractivity contribution in [2.75, 3.05) is 61.3 Å². The van der Waals surface area contributed by atoms with Gasteiger partial charge >= 0.3 is 6.18 Å². The van der Waals surface area contributed by atoms with E-state index in [1.54, 1.807) is 35.5 Å². The highest BCUT2D eigenvalue weighted by Crippen LogP contribution is 2.33. The lowest BCUT2D eigenvalue weighted by molar-refractivity contribution is -0.146. The Hall–Kier alpha value is -4.69. The summed E-state index contributed by atoms with van der Waals surface area (Å²) in [6, 6.07) is 8.82. The maximum Gasteiger partial charge on any atom is 0.401 e. The highest BCUT2D eigenvalue weighted by atomic mass is 35.5. The molecule has 0 bridgehead atoms. The molecule has 47 heavy (non-hydrogen) atoms. The number of carbonyl (C=O) groups excluding carboxylic acids is 2. The maximum atomic E-state index is 13.6. The van der Waals surface area contributed by atoms with Crippen LogP contribution in [0.1, 0.15) is 23.2 Å². The van der Waals surface area contributed by atoms with Crippen LogP contribution in [-0.2, 0) is 4.79 Å². The second kappa shape index (κ2) is 13.6. The number of alkyl halides is 3. The molecule has 3 aromatic heterocycles. The van der Waals surface area contributed by atoms with Gasteiger partial charge in [-0.3, -0.25) is 14.5 Å². The average molecular weight is 668 g/mol.